The molecule has 6 heteroatoms. The van der Waals surface area contributed by atoms with Gasteiger partial charge in [-0.25, -0.2) is 4.98 Å². The molecule has 0 bridgehead atoms. The molecule has 0 aliphatic rings. The van der Waals surface area contributed by atoms with Gasteiger partial charge in [0.25, 0.3) is 0 Å². The summed E-state index contributed by atoms with van der Waals surface area (Å²) in [5.74, 6) is 0. The number of rotatable bonds is 3. The first-order chi connectivity index (χ1) is 12.1. The van der Waals surface area contributed by atoms with Crippen LogP contribution in [0.1, 0.15) is 13.8 Å². The van der Waals surface area contributed by atoms with Crippen LogP contribution in [-0.2, 0) is 4.79 Å². The van der Waals surface area contributed by atoms with Crippen molar-refractivity contribution in [1.82, 2.24) is 4.98 Å². The highest BCUT2D eigenvalue weighted by atomic mass is 79.9. The fourth-order valence-corrected chi connectivity index (χ4v) is 3.57. The molecule has 128 valence electrons. The molecule has 25 heavy (non-hydrogen) atoms. The van der Waals surface area contributed by atoms with E-state index in [1.807, 2.05) is 62.4 Å². The van der Waals surface area contributed by atoms with Crippen LogP contribution in [0.3, 0.4) is 0 Å². The third-order valence-electron chi connectivity index (χ3n) is 3.51. The largest absolute Gasteiger partial charge is 0.333 e. The summed E-state index contributed by atoms with van der Waals surface area (Å²) in [6, 6.07) is 16.0. The molecule has 1 N–H and O–H groups in total. The molecule has 3 rings (SSSR count). The third-order valence-corrected chi connectivity index (χ3v) is 5.17. The summed E-state index contributed by atoms with van der Waals surface area (Å²) in [5.41, 5.74) is 2.74. The minimum atomic E-state index is 0.00886. The minimum absolute atomic E-state index is 0.00886. The maximum Gasteiger partial charge on any atom is 0.207 e. The molecule has 2 aromatic carbocycles. The average Bonchev–Trinajstić information content (AvgIpc) is 2.60. The average molecular weight is 416 g/mol. The number of hydrogen-bond acceptors (Lipinski definition) is 4. The van der Waals surface area contributed by atoms with Gasteiger partial charge in [-0.1, -0.05) is 52.3 Å². The predicted octanol–water partition coefficient (Wildman–Crippen LogP) is 5.22. The second-order valence-corrected chi connectivity index (χ2v) is 7.39. The first-order valence-corrected chi connectivity index (χ1v) is 9.91. The number of pyridine rings is 1. The zero-order valence-corrected chi connectivity index (χ0v) is 16.4. The minimum Gasteiger partial charge on any atom is -0.333 e. The van der Waals surface area contributed by atoms with Gasteiger partial charge in [0.05, 0.1) is 22.1 Å². The van der Waals surface area contributed by atoms with E-state index < -0.39 is 0 Å². The van der Waals surface area contributed by atoms with Crippen molar-refractivity contribution < 1.29 is 4.79 Å². The number of nitrogens with one attached hydrogen (secondary N) is 1. The number of thioether (sulfide) groups is 1. The van der Waals surface area contributed by atoms with Crippen molar-refractivity contribution in [3.8, 4) is 0 Å². The van der Waals surface area contributed by atoms with Crippen molar-refractivity contribution in [2.24, 2.45) is 4.99 Å². The number of para-hydroxylation sites is 2. The van der Waals surface area contributed by atoms with E-state index in [9.17, 15) is 4.79 Å². The third kappa shape index (κ3) is 4.19. The van der Waals surface area contributed by atoms with Crippen LogP contribution in [0.15, 0.2) is 53.5 Å². The van der Waals surface area contributed by atoms with Gasteiger partial charge in [0.15, 0.2) is 5.17 Å². The molecule has 0 saturated carbocycles. The molecule has 0 saturated heterocycles. The highest BCUT2D eigenvalue weighted by Gasteiger charge is 2.14. The summed E-state index contributed by atoms with van der Waals surface area (Å²) < 4.78 is 0. The number of halogens is 1. The van der Waals surface area contributed by atoms with E-state index in [-0.39, 0.29) is 16.5 Å². The van der Waals surface area contributed by atoms with Crippen LogP contribution in [0.25, 0.3) is 21.8 Å². The Bertz CT molecular complexity index is 902. The Balaban J connectivity index is 2.15. The highest BCUT2D eigenvalue weighted by Crippen LogP contribution is 2.31. The van der Waals surface area contributed by atoms with Gasteiger partial charge in [-0.3, -0.25) is 9.79 Å². The van der Waals surface area contributed by atoms with Gasteiger partial charge in [-0.2, -0.15) is 0 Å². The number of amidine groups is 1. The van der Waals surface area contributed by atoms with Crippen LogP contribution >= 0.6 is 27.7 Å². The molecular formula is C19H18BrN3OS. The van der Waals surface area contributed by atoms with Gasteiger partial charge >= 0.3 is 0 Å². The summed E-state index contributed by atoms with van der Waals surface area (Å²) >= 11 is 4.33. The van der Waals surface area contributed by atoms with E-state index in [4.69, 9.17) is 4.98 Å². The molecule has 0 fully saturated rings. The van der Waals surface area contributed by atoms with Gasteiger partial charge in [0.1, 0.15) is 0 Å². The van der Waals surface area contributed by atoms with E-state index in [0.717, 1.165) is 39.3 Å². The Morgan fingerprint density at radius 2 is 1.68 bits per heavy atom. The van der Waals surface area contributed by atoms with Crippen molar-refractivity contribution in [3.63, 3.8) is 0 Å². The van der Waals surface area contributed by atoms with Crippen molar-refractivity contribution in [1.29, 1.82) is 0 Å². The number of benzene rings is 2. The second kappa shape index (κ2) is 7.97. The maximum absolute atomic E-state index is 11.9. The lowest BCUT2D eigenvalue weighted by Crippen LogP contribution is -2.14. The first-order valence-electron chi connectivity index (χ1n) is 7.97. The van der Waals surface area contributed by atoms with Gasteiger partial charge in [0.2, 0.25) is 5.12 Å². The Morgan fingerprint density at radius 1 is 1.12 bits per heavy atom. The number of carbonyl (C=O) groups excluding carboxylic acids is 1. The molecule has 0 atom stereocenters. The van der Waals surface area contributed by atoms with E-state index in [0.29, 0.717) is 5.17 Å². The molecule has 1 aromatic heterocycles. The molecule has 0 spiro atoms. The molecule has 3 aromatic rings. The van der Waals surface area contributed by atoms with E-state index in [1.54, 1.807) is 0 Å². The molecule has 0 radical (unpaired) electrons. The monoisotopic (exact) mass is 415 g/mol. The summed E-state index contributed by atoms with van der Waals surface area (Å²) in [5, 5.41) is 6.29. The second-order valence-electron chi connectivity index (χ2n) is 5.78. The summed E-state index contributed by atoms with van der Waals surface area (Å²) in [4.78, 5) is 21.2. The Labute approximate surface area is 159 Å². The predicted molar refractivity (Wildman–Crippen MR) is 112 cm³/mol. The molecule has 0 unspecified atom stereocenters. The first kappa shape index (κ1) is 17.9. The summed E-state index contributed by atoms with van der Waals surface area (Å²) in [6.07, 6.45) is 0. The van der Waals surface area contributed by atoms with Gasteiger partial charge < -0.3 is 5.32 Å². The normalized spacial score (nSPS) is 12.1. The maximum atomic E-state index is 11.9. The van der Waals surface area contributed by atoms with Crippen molar-refractivity contribution in [2.45, 2.75) is 19.9 Å². The van der Waals surface area contributed by atoms with Gasteiger partial charge in [-0.05, 0) is 37.7 Å². The fourth-order valence-electron chi connectivity index (χ4n) is 2.54. The molecule has 4 nitrogen and oxygen atoms in total. The highest BCUT2D eigenvalue weighted by molar-refractivity contribution is 9.09. The zero-order chi connectivity index (χ0) is 17.8. The number of hydrogen-bond donors (Lipinski definition) is 1. The smallest absolute Gasteiger partial charge is 0.207 e. The SMILES string of the molecule is CC(C)N=C(Nc1c2ccccc2nc2ccccc12)SC(=O)CBr. The number of anilines is 1. The van der Waals surface area contributed by atoms with Crippen molar-refractivity contribution in [2.75, 3.05) is 10.6 Å². The number of aromatic nitrogens is 1. The molecule has 0 amide bonds. The van der Waals surface area contributed by atoms with Gasteiger partial charge in [-0.15, -0.1) is 0 Å². The molecular weight excluding hydrogens is 398 g/mol. The van der Waals surface area contributed by atoms with E-state index in [2.05, 4.69) is 26.2 Å². The van der Waals surface area contributed by atoms with Crippen molar-refractivity contribution >= 4 is 65.5 Å². The number of carbonyl (C=O) groups is 1. The molecule has 0 aliphatic carbocycles. The Hall–Kier alpha value is -1.92. The van der Waals surface area contributed by atoms with Crippen LogP contribution in [0.5, 0.6) is 0 Å². The van der Waals surface area contributed by atoms with Crippen LogP contribution in [0.4, 0.5) is 5.69 Å². The summed E-state index contributed by atoms with van der Waals surface area (Å²) in [6.45, 7) is 3.98. The number of alkyl halides is 1. The quantitative estimate of drug-likeness (QED) is 0.275. The number of fused-ring (bicyclic) bond motifs is 2. The topological polar surface area (TPSA) is 54.4 Å². The van der Waals surface area contributed by atoms with E-state index >= 15 is 0 Å². The van der Waals surface area contributed by atoms with Crippen LogP contribution < -0.4 is 5.32 Å². The zero-order valence-electron chi connectivity index (χ0n) is 14.0. The van der Waals surface area contributed by atoms with Crippen LogP contribution in [0.2, 0.25) is 0 Å². The molecule has 1 heterocycles. The Kier molecular flexibility index (Phi) is 5.71. The Morgan fingerprint density at radius 3 is 2.20 bits per heavy atom. The lowest BCUT2D eigenvalue weighted by Gasteiger charge is -2.15. The fraction of sp³-hybridized carbons (Fsp3) is 0.211. The lowest BCUT2D eigenvalue weighted by molar-refractivity contribution is -0.108. The standard InChI is InChI=1S/C19H18BrN3OS/c1-12(2)21-19(25-17(24)11-20)23-18-13-7-3-5-9-15(13)22-16-10-6-4-8-14(16)18/h3-10,12H,11H2,1-2H3,(H,21,22,23). The van der Waals surface area contributed by atoms with Crippen molar-refractivity contribution in [3.05, 3.63) is 48.5 Å². The summed E-state index contributed by atoms with van der Waals surface area (Å²) in [7, 11) is 0. The van der Waals surface area contributed by atoms with Crippen LogP contribution in [-0.4, -0.2) is 26.6 Å². The number of nitrogens with zero attached hydrogens (tertiary/aromatic N) is 2. The number of aliphatic imine (C=N–C) groups is 1. The van der Waals surface area contributed by atoms with E-state index in [1.165, 1.54) is 0 Å². The van der Waals surface area contributed by atoms with Crippen LogP contribution in [0, 0.1) is 0 Å². The molecule has 0 aliphatic heterocycles. The lowest BCUT2D eigenvalue weighted by atomic mass is 10.1. The van der Waals surface area contributed by atoms with Gasteiger partial charge in [0, 0.05) is 16.8 Å².